The summed E-state index contributed by atoms with van der Waals surface area (Å²) in [7, 11) is 0. The number of fused-ring (bicyclic) bond motifs is 1. The van der Waals surface area contributed by atoms with E-state index >= 15 is 0 Å². The van der Waals surface area contributed by atoms with Crippen molar-refractivity contribution in [3.05, 3.63) is 86.9 Å². The van der Waals surface area contributed by atoms with Crippen molar-refractivity contribution in [3.63, 3.8) is 0 Å². The number of nitro groups is 1. The fourth-order valence-electron chi connectivity index (χ4n) is 2.79. The number of anilines is 1. The van der Waals surface area contributed by atoms with Crippen LogP contribution in [0.5, 0.6) is 0 Å². The molecule has 0 aliphatic carbocycles. The average Bonchev–Trinajstić information content (AvgIpc) is 3.20. The molecule has 9 heteroatoms. The van der Waals surface area contributed by atoms with Gasteiger partial charge in [0.1, 0.15) is 18.3 Å². The lowest BCUT2D eigenvalue weighted by atomic mass is 10.1. The third kappa shape index (κ3) is 3.90. The van der Waals surface area contributed by atoms with E-state index < -0.39 is 10.5 Å². The van der Waals surface area contributed by atoms with Crippen molar-refractivity contribution in [2.24, 2.45) is 0 Å². The van der Waals surface area contributed by atoms with Crippen molar-refractivity contribution in [1.29, 1.82) is 0 Å². The van der Waals surface area contributed by atoms with E-state index in [1.165, 1.54) is 35.6 Å². The van der Waals surface area contributed by atoms with E-state index in [4.69, 9.17) is 4.42 Å². The second-order valence-corrected chi connectivity index (χ2v) is 7.20. The highest BCUT2D eigenvalue weighted by molar-refractivity contribution is 7.18. The summed E-state index contributed by atoms with van der Waals surface area (Å²) in [6.07, 6.45) is 1.67. The topological polar surface area (TPSA) is 117 Å². The normalized spacial score (nSPS) is 10.8. The lowest BCUT2D eigenvalue weighted by Crippen LogP contribution is -2.17. The number of aromatic nitrogens is 1. The number of Topliss-reactive ketones (excluding diaryl/α,β-unsaturated/α-hetero) is 1. The van der Waals surface area contributed by atoms with Gasteiger partial charge in [-0.2, -0.15) is 0 Å². The molecule has 4 rings (SSSR count). The van der Waals surface area contributed by atoms with Crippen molar-refractivity contribution in [1.82, 2.24) is 0 Å². The summed E-state index contributed by atoms with van der Waals surface area (Å²) >= 11 is 1.28. The zero-order chi connectivity index (χ0) is 20.4. The number of hydrogen-bond acceptors (Lipinski definition) is 7. The van der Waals surface area contributed by atoms with Crippen LogP contribution in [0.1, 0.15) is 10.4 Å². The Morgan fingerprint density at radius 3 is 2.69 bits per heavy atom. The Balaban J connectivity index is 1.48. The molecule has 0 radical (unpaired) electrons. The van der Waals surface area contributed by atoms with Gasteiger partial charge in [-0.3, -0.25) is 20.2 Å². The van der Waals surface area contributed by atoms with E-state index in [-0.39, 0.29) is 18.0 Å². The lowest BCUT2D eigenvalue weighted by molar-refractivity contribution is -0.384. The number of carbonyl (C=O) groups excluding carboxylic acids is 1. The zero-order valence-corrected chi connectivity index (χ0v) is 15.7. The molecule has 0 aliphatic heterocycles. The quantitative estimate of drug-likeness (QED) is 0.226. The largest absolute Gasteiger partial charge is 0.422 e. The second-order valence-electron chi connectivity index (χ2n) is 6.15. The third-order valence-corrected chi connectivity index (χ3v) is 5.29. The number of nitro benzene ring substituents is 1. The number of non-ortho nitro benzene ring substituents is 1. The van der Waals surface area contributed by atoms with Crippen LogP contribution in [0.15, 0.2) is 70.0 Å². The highest BCUT2D eigenvalue weighted by Gasteiger charge is 2.16. The number of nitrogens with one attached hydrogen (secondary N) is 2. The molecule has 0 fully saturated rings. The Hall–Kier alpha value is -3.85. The molecule has 144 valence electrons. The maximum Gasteiger partial charge on any atom is 0.345 e. The average molecular weight is 408 g/mol. The standard InChI is InChI=1S/C20H13N3O5S/c24-16(12-5-7-14(8-6-12)23(26)27)10-21-20-22-11-18(29-20)15-9-13-3-1-2-4-17(13)28-19(15)25/h1-9,11H,10H2,(H,21,22)/p+1. The van der Waals surface area contributed by atoms with Gasteiger partial charge in [0, 0.05) is 23.1 Å². The summed E-state index contributed by atoms with van der Waals surface area (Å²) in [5, 5.41) is 15.1. The molecule has 0 aliphatic rings. The summed E-state index contributed by atoms with van der Waals surface area (Å²) in [5.74, 6) is -0.214. The molecule has 0 bridgehead atoms. The Labute approximate surface area is 167 Å². The van der Waals surface area contributed by atoms with Crippen molar-refractivity contribution in [2.75, 3.05) is 11.9 Å². The fraction of sp³-hybridized carbons (Fsp3) is 0.0500. The van der Waals surface area contributed by atoms with Gasteiger partial charge < -0.3 is 4.42 Å². The SMILES string of the molecule is O=C(CNc1[nH+]cc(-c2cc3ccccc3oc2=O)s1)c1ccc([N+](=O)[O-])cc1. The van der Waals surface area contributed by atoms with Crippen molar-refractivity contribution in [3.8, 4) is 10.4 Å². The molecule has 29 heavy (non-hydrogen) atoms. The predicted octanol–water partition coefficient (Wildman–Crippen LogP) is 3.54. The van der Waals surface area contributed by atoms with Gasteiger partial charge in [0.25, 0.3) is 5.69 Å². The van der Waals surface area contributed by atoms with Gasteiger partial charge in [-0.05, 0) is 35.6 Å². The first-order chi connectivity index (χ1) is 14.0. The lowest BCUT2D eigenvalue weighted by Gasteiger charge is -1.99. The molecule has 2 aromatic heterocycles. The minimum atomic E-state index is -0.516. The van der Waals surface area contributed by atoms with Crippen LogP contribution in [-0.2, 0) is 0 Å². The molecule has 0 saturated heterocycles. The minimum Gasteiger partial charge on any atom is -0.422 e. The van der Waals surface area contributed by atoms with Crippen LogP contribution in [0.4, 0.5) is 10.8 Å². The summed E-state index contributed by atoms with van der Waals surface area (Å²) in [6.45, 7) is 0.000587. The number of rotatable bonds is 6. The predicted molar refractivity (Wildman–Crippen MR) is 108 cm³/mol. The van der Waals surface area contributed by atoms with Crippen LogP contribution in [0.3, 0.4) is 0 Å². The molecule has 4 aromatic rings. The van der Waals surface area contributed by atoms with Crippen LogP contribution in [0.25, 0.3) is 21.4 Å². The van der Waals surface area contributed by atoms with Gasteiger partial charge in [-0.15, -0.1) is 0 Å². The molecule has 2 N–H and O–H groups in total. The molecule has 2 heterocycles. The zero-order valence-electron chi connectivity index (χ0n) is 14.9. The number of para-hydroxylation sites is 1. The first-order valence-corrected chi connectivity index (χ1v) is 9.39. The Morgan fingerprint density at radius 1 is 1.17 bits per heavy atom. The van der Waals surface area contributed by atoms with Crippen molar-refractivity contribution >= 4 is 38.9 Å². The number of ketones is 1. The van der Waals surface area contributed by atoms with E-state index in [1.54, 1.807) is 24.4 Å². The molecule has 2 aromatic carbocycles. The summed E-state index contributed by atoms with van der Waals surface area (Å²) < 4.78 is 5.35. The van der Waals surface area contributed by atoms with Crippen LogP contribution >= 0.6 is 11.3 Å². The number of hydrogen-bond donors (Lipinski definition) is 1. The number of nitrogens with zero attached hydrogens (tertiary/aromatic N) is 1. The van der Waals surface area contributed by atoms with Gasteiger partial charge in [0.2, 0.25) is 5.78 Å². The van der Waals surface area contributed by atoms with E-state index in [0.717, 1.165) is 5.39 Å². The van der Waals surface area contributed by atoms with E-state index in [0.29, 0.717) is 26.7 Å². The minimum absolute atomic E-state index is 0.000587. The number of H-pyrrole nitrogens is 1. The molecule has 0 atom stereocenters. The number of thiazole rings is 1. The number of aromatic amines is 1. The summed E-state index contributed by atoms with van der Waals surface area (Å²) in [4.78, 5) is 38.4. The molecular weight excluding hydrogens is 394 g/mol. The number of benzene rings is 2. The summed E-state index contributed by atoms with van der Waals surface area (Å²) in [5.41, 5.74) is 0.816. The van der Waals surface area contributed by atoms with E-state index in [1.807, 2.05) is 12.1 Å². The maximum atomic E-state index is 12.3. The van der Waals surface area contributed by atoms with Crippen molar-refractivity contribution in [2.45, 2.75) is 0 Å². The second kappa shape index (κ2) is 7.64. The highest BCUT2D eigenvalue weighted by atomic mass is 32.1. The van der Waals surface area contributed by atoms with Gasteiger partial charge >= 0.3 is 10.8 Å². The van der Waals surface area contributed by atoms with Crippen LogP contribution < -0.4 is 15.9 Å². The van der Waals surface area contributed by atoms with Gasteiger partial charge in [-0.25, -0.2) is 9.78 Å². The number of carbonyl (C=O) groups is 1. The van der Waals surface area contributed by atoms with E-state index in [9.17, 15) is 19.7 Å². The summed E-state index contributed by atoms with van der Waals surface area (Å²) in [6, 6.07) is 14.5. The molecule has 0 amide bonds. The maximum absolute atomic E-state index is 12.3. The molecule has 0 unspecified atom stereocenters. The van der Waals surface area contributed by atoms with Gasteiger partial charge in [-0.1, -0.05) is 18.2 Å². The first-order valence-electron chi connectivity index (χ1n) is 8.57. The Kier molecular flexibility index (Phi) is 4.88. The third-order valence-electron chi connectivity index (χ3n) is 4.26. The molecule has 8 nitrogen and oxygen atoms in total. The van der Waals surface area contributed by atoms with Crippen LogP contribution in [0.2, 0.25) is 0 Å². The smallest absolute Gasteiger partial charge is 0.345 e. The monoisotopic (exact) mass is 408 g/mol. The first kappa shape index (κ1) is 18.5. The molecule has 0 saturated carbocycles. The van der Waals surface area contributed by atoms with Crippen molar-refractivity contribution < 1.29 is 19.1 Å². The highest BCUT2D eigenvalue weighted by Crippen LogP contribution is 2.26. The van der Waals surface area contributed by atoms with Gasteiger partial charge in [0.15, 0.2) is 0 Å². The Bertz CT molecular complexity index is 1280. The molecule has 0 spiro atoms. The van der Waals surface area contributed by atoms with Gasteiger partial charge in [0.05, 0.1) is 15.4 Å². The Morgan fingerprint density at radius 2 is 1.93 bits per heavy atom. The fourth-order valence-corrected chi connectivity index (χ4v) is 3.64. The molecular formula is C20H14N3O5S+. The van der Waals surface area contributed by atoms with Crippen LogP contribution in [0, 0.1) is 10.1 Å². The van der Waals surface area contributed by atoms with Crippen LogP contribution in [-0.4, -0.2) is 17.3 Å². The van der Waals surface area contributed by atoms with E-state index in [2.05, 4.69) is 10.3 Å².